The van der Waals surface area contributed by atoms with Crippen molar-refractivity contribution in [2.24, 2.45) is 0 Å². The summed E-state index contributed by atoms with van der Waals surface area (Å²) in [6, 6.07) is 6.14. The van der Waals surface area contributed by atoms with Gasteiger partial charge in [-0.15, -0.1) is 0 Å². The zero-order valence-corrected chi connectivity index (χ0v) is 11.9. The quantitative estimate of drug-likeness (QED) is 0.769. The third kappa shape index (κ3) is 2.78. The van der Waals surface area contributed by atoms with Gasteiger partial charge in [-0.25, -0.2) is 4.79 Å². The number of aromatic amines is 1. The first kappa shape index (κ1) is 13.0. The second kappa shape index (κ2) is 5.56. The minimum Gasteiger partial charge on any atom is -0.313 e. The molecule has 0 bridgehead atoms. The van der Waals surface area contributed by atoms with Crippen LogP contribution in [0.25, 0.3) is 11.0 Å². The zero-order chi connectivity index (χ0) is 13.9. The Balaban J connectivity index is 1.62. The van der Waals surface area contributed by atoms with E-state index >= 15 is 0 Å². The van der Waals surface area contributed by atoms with E-state index in [1.807, 2.05) is 13.1 Å². The van der Waals surface area contributed by atoms with E-state index in [4.69, 9.17) is 0 Å². The molecule has 0 fully saturated rings. The molecule has 0 aliphatic heterocycles. The number of nitrogens with one attached hydrogen (secondary N) is 1. The van der Waals surface area contributed by atoms with Gasteiger partial charge in [0, 0.05) is 32.0 Å². The fourth-order valence-corrected chi connectivity index (χ4v) is 2.64. The molecule has 0 unspecified atom stereocenters. The van der Waals surface area contributed by atoms with Crippen LogP contribution in [0.5, 0.6) is 0 Å². The average molecular weight is 289 g/mol. The molecule has 0 amide bonds. The van der Waals surface area contributed by atoms with Crippen LogP contribution in [0.3, 0.4) is 0 Å². The summed E-state index contributed by atoms with van der Waals surface area (Å²) >= 11 is 1.24. The van der Waals surface area contributed by atoms with Gasteiger partial charge in [0.15, 0.2) is 0 Å². The van der Waals surface area contributed by atoms with Crippen molar-refractivity contribution in [3.05, 3.63) is 46.6 Å². The van der Waals surface area contributed by atoms with Crippen LogP contribution >= 0.6 is 11.7 Å². The Kier molecular flexibility index (Phi) is 3.62. The lowest BCUT2D eigenvalue weighted by molar-refractivity contribution is 0.310. The van der Waals surface area contributed by atoms with E-state index in [0.29, 0.717) is 6.54 Å². The number of hydrogen-bond donors (Lipinski definition) is 1. The predicted octanol–water partition coefficient (Wildman–Crippen LogP) is 1.31. The van der Waals surface area contributed by atoms with E-state index < -0.39 is 0 Å². The van der Waals surface area contributed by atoms with Crippen molar-refractivity contribution in [2.75, 3.05) is 13.6 Å². The van der Waals surface area contributed by atoms with Gasteiger partial charge >= 0.3 is 5.69 Å². The van der Waals surface area contributed by atoms with E-state index in [0.717, 1.165) is 24.1 Å². The molecular weight excluding hydrogens is 274 g/mol. The van der Waals surface area contributed by atoms with E-state index in [1.54, 1.807) is 17.0 Å². The fraction of sp³-hybridized carbons (Fsp3) is 0.308. The molecule has 2 heterocycles. The molecule has 20 heavy (non-hydrogen) atoms. The molecule has 6 nitrogen and oxygen atoms in total. The molecule has 1 aromatic carbocycles. The molecule has 0 aliphatic rings. The van der Waals surface area contributed by atoms with Crippen molar-refractivity contribution in [3.63, 3.8) is 0 Å². The largest absolute Gasteiger partial charge is 0.325 e. The summed E-state index contributed by atoms with van der Waals surface area (Å²) in [4.78, 5) is 16.2. The molecule has 104 valence electrons. The minimum atomic E-state index is -0.0617. The van der Waals surface area contributed by atoms with Gasteiger partial charge < -0.3 is 9.88 Å². The highest BCUT2D eigenvalue weighted by Crippen LogP contribution is 2.14. The SMILES string of the molecule is CN(CCn1cc[nH]c1=O)Cc1ccc2nsnc2c1. The number of H-pyrrole nitrogens is 1. The molecule has 0 radical (unpaired) electrons. The van der Waals surface area contributed by atoms with Crippen LogP contribution in [0.4, 0.5) is 0 Å². The minimum absolute atomic E-state index is 0.0617. The third-order valence-electron chi connectivity index (χ3n) is 3.22. The Labute approximate surface area is 120 Å². The number of benzene rings is 1. The van der Waals surface area contributed by atoms with Crippen LogP contribution in [0, 0.1) is 0 Å². The maximum atomic E-state index is 11.4. The second-order valence-corrected chi connectivity index (χ2v) is 5.31. The molecule has 3 aromatic rings. The lowest BCUT2D eigenvalue weighted by atomic mass is 10.2. The molecule has 2 aromatic heterocycles. The summed E-state index contributed by atoms with van der Waals surface area (Å²) in [5.74, 6) is 0. The fourth-order valence-electron chi connectivity index (χ4n) is 2.12. The van der Waals surface area contributed by atoms with Gasteiger partial charge in [-0.2, -0.15) is 8.75 Å². The maximum Gasteiger partial charge on any atom is 0.325 e. The first-order chi connectivity index (χ1) is 9.72. The topological polar surface area (TPSA) is 66.8 Å². The number of fused-ring (bicyclic) bond motifs is 1. The number of likely N-dealkylation sites (N-methyl/N-ethyl adjacent to an activating group) is 1. The Morgan fingerprint density at radius 2 is 2.20 bits per heavy atom. The molecule has 0 atom stereocenters. The smallest absolute Gasteiger partial charge is 0.313 e. The van der Waals surface area contributed by atoms with Crippen LogP contribution in [0.2, 0.25) is 0 Å². The Morgan fingerprint density at radius 1 is 1.35 bits per heavy atom. The van der Waals surface area contributed by atoms with Gasteiger partial charge in [-0.3, -0.25) is 4.57 Å². The summed E-state index contributed by atoms with van der Waals surface area (Å²) in [6.07, 6.45) is 3.43. The summed E-state index contributed by atoms with van der Waals surface area (Å²) in [7, 11) is 2.04. The number of aromatic nitrogens is 4. The van der Waals surface area contributed by atoms with E-state index in [9.17, 15) is 4.79 Å². The van der Waals surface area contributed by atoms with E-state index in [1.165, 1.54) is 17.3 Å². The molecule has 7 heteroatoms. The van der Waals surface area contributed by atoms with Gasteiger partial charge in [0.25, 0.3) is 0 Å². The highest BCUT2D eigenvalue weighted by atomic mass is 32.1. The van der Waals surface area contributed by atoms with Crippen LogP contribution < -0.4 is 5.69 Å². The molecule has 0 saturated carbocycles. The Morgan fingerprint density at radius 3 is 3.00 bits per heavy atom. The molecule has 1 N–H and O–H groups in total. The van der Waals surface area contributed by atoms with Crippen LogP contribution in [-0.4, -0.2) is 36.8 Å². The molecule has 0 saturated heterocycles. The molecule has 0 aliphatic carbocycles. The van der Waals surface area contributed by atoms with Crippen LogP contribution in [0.15, 0.2) is 35.4 Å². The number of hydrogen-bond acceptors (Lipinski definition) is 5. The van der Waals surface area contributed by atoms with Crippen LogP contribution in [0.1, 0.15) is 5.56 Å². The molecular formula is C13H15N5OS. The average Bonchev–Trinajstić information content (AvgIpc) is 3.04. The van der Waals surface area contributed by atoms with Gasteiger partial charge in [0.1, 0.15) is 11.0 Å². The summed E-state index contributed by atoms with van der Waals surface area (Å²) in [5.41, 5.74) is 3.03. The summed E-state index contributed by atoms with van der Waals surface area (Å²) in [5, 5.41) is 0. The predicted molar refractivity (Wildman–Crippen MR) is 78.8 cm³/mol. The van der Waals surface area contributed by atoms with Crippen molar-refractivity contribution in [1.82, 2.24) is 23.2 Å². The first-order valence-corrected chi connectivity index (χ1v) is 7.09. The lowest BCUT2D eigenvalue weighted by Gasteiger charge is -2.16. The van der Waals surface area contributed by atoms with Gasteiger partial charge in [-0.05, 0) is 24.7 Å². The lowest BCUT2D eigenvalue weighted by Crippen LogP contribution is -2.26. The van der Waals surface area contributed by atoms with Crippen molar-refractivity contribution in [1.29, 1.82) is 0 Å². The van der Waals surface area contributed by atoms with Gasteiger partial charge in [-0.1, -0.05) is 6.07 Å². The Hall–Kier alpha value is -1.99. The summed E-state index contributed by atoms with van der Waals surface area (Å²) < 4.78 is 10.1. The molecule has 3 rings (SSSR count). The van der Waals surface area contributed by atoms with Crippen LogP contribution in [-0.2, 0) is 13.1 Å². The van der Waals surface area contributed by atoms with Crippen molar-refractivity contribution in [2.45, 2.75) is 13.1 Å². The summed E-state index contributed by atoms with van der Waals surface area (Å²) in [6.45, 7) is 2.32. The Bertz CT molecular complexity index is 759. The van der Waals surface area contributed by atoms with E-state index in [-0.39, 0.29) is 5.69 Å². The standard InChI is InChI=1S/C13H15N5OS/c1-17(6-7-18-5-4-14-13(18)19)9-10-2-3-11-12(8-10)16-20-15-11/h2-5,8H,6-7,9H2,1H3,(H,14,19). The number of rotatable bonds is 5. The van der Waals surface area contributed by atoms with Gasteiger partial charge in [0.05, 0.1) is 11.7 Å². The van der Waals surface area contributed by atoms with Crippen molar-refractivity contribution >= 4 is 22.8 Å². The van der Waals surface area contributed by atoms with Crippen molar-refractivity contribution in [3.8, 4) is 0 Å². The number of nitrogens with zero attached hydrogens (tertiary/aromatic N) is 4. The van der Waals surface area contributed by atoms with Gasteiger partial charge in [0.2, 0.25) is 0 Å². The molecule has 0 spiro atoms. The monoisotopic (exact) mass is 289 g/mol. The first-order valence-electron chi connectivity index (χ1n) is 6.36. The maximum absolute atomic E-state index is 11.4. The zero-order valence-electron chi connectivity index (χ0n) is 11.1. The van der Waals surface area contributed by atoms with E-state index in [2.05, 4.69) is 30.8 Å². The second-order valence-electron chi connectivity index (χ2n) is 4.78. The highest BCUT2D eigenvalue weighted by Gasteiger charge is 2.04. The normalized spacial score (nSPS) is 11.5. The third-order valence-corrected chi connectivity index (χ3v) is 3.77. The van der Waals surface area contributed by atoms with Crippen molar-refractivity contribution < 1.29 is 0 Å². The highest BCUT2D eigenvalue weighted by molar-refractivity contribution is 7.00. The number of imidazole rings is 1.